The lowest BCUT2D eigenvalue weighted by atomic mass is 10.3. The zero-order valence-electron chi connectivity index (χ0n) is 12.6. The fraction of sp³-hybridized carbons (Fsp3) is 0.250. The van der Waals surface area contributed by atoms with Gasteiger partial charge >= 0.3 is 0 Å². The molecule has 0 saturated carbocycles. The number of amides is 1. The molecular formula is C16H16ClN3O2S. The maximum Gasteiger partial charge on any atom is 0.228 e. The molecule has 0 bridgehead atoms. The van der Waals surface area contributed by atoms with Gasteiger partial charge in [0, 0.05) is 29.8 Å². The number of aromatic nitrogens is 2. The number of hydrogen-bond acceptors (Lipinski definition) is 4. The van der Waals surface area contributed by atoms with E-state index < -0.39 is 0 Å². The molecule has 2 aromatic heterocycles. The van der Waals surface area contributed by atoms with Crippen molar-refractivity contribution in [2.24, 2.45) is 0 Å². The number of carbonyl (C=O) groups is 1. The van der Waals surface area contributed by atoms with E-state index in [4.69, 9.17) is 16.3 Å². The van der Waals surface area contributed by atoms with Crippen molar-refractivity contribution in [3.63, 3.8) is 0 Å². The number of halogens is 1. The average Bonchev–Trinajstić information content (AvgIpc) is 3.10. The molecule has 3 rings (SSSR count). The minimum Gasteiger partial charge on any atom is -0.492 e. The molecule has 0 spiro atoms. The van der Waals surface area contributed by atoms with Gasteiger partial charge in [-0.15, -0.1) is 11.3 Å². The fourth-order valence-corrected chi connectivity index (χ4v) is 2.95. The van der Waals surface area contributed by atoms with Crippen LogP contribution in [0.15, 0.2) is 42.0 Å². The van der Waals surface area contributed by atoms with Crippen molar-refractivity contribution in [1.82, 2.24) is 14.3 Å². The number of thiazole rings is 1. The van der Waals surface area contributed by atoms with Gasteiger partial charge in [0.1, 0.15) is 12.4 Å². The van der Waals surface area contributed by atoms with Crippen LogP contribution < -0.4 is 4.74 Å². The molecule has 0 atom stereocenters. The summed E-state index contributed by atoms with van der Waals surface area (Å²) in [5.41, 5.74) is 0.785. The van der Waals surface area contributed by atoms with E-state index in [-0.39, 0.29) is 5.91 Å². The maximum atomic E-state index is 12.2. The summed E-state index contributed by atoms with van der Waals surface area (Å²) in [5, 5.41) is 2.64. The first-order valence-electron chi connectivity index (χ1n) is 7.15. The third-order valence-electron chi connectivity index (χ3n) is 3.41. The molecule has 0 aliphatic rings. The number of imidazole rings is 1. The molecule has 0 unspecified atom stereocenters. The predicted molar refractivity (Wildman–Crippen MR) is 91.4 cm³/mol. The van der Waals surface area contributed by atoms with E-state index >= 15 is 0 Å². The number of fused-ring (bicyclic) bond motifs is 1. The van der Waals surface area contributed by atoms with Crippen LogP contribution in [0.4, 0.5) is 0 Å². The lowest BCUT2D eigenvalue weighted by Crippen LogP contribution is -2.32. The Morgan fingerprint density at radius 1 is 1.39 bits per heavy atom. The van der Waals surface area contributed by atoms with Crippen LogP contribution in [-0.2, 0) is 11.2 Å². The Hall–Kier alpha value is -2.05. The highest BCUT2D eigenvalue weighted by Crippen LogP contribution is 2.15. The molecule has 1 amide bonds. The van der Waals surface area contributed by atoms with Gasteiger partial charge in [-0.2, -0.15) is 0 Å². The van der Waals surface area contributed by atoms with Crippen molar-refractivity contribution in [2.45, 2.75) is 6.42 Å². The van der Waals surface area contributed by atoms with Gasteiger partial charge in [0.15, 0.2) is 4.96 Å². The van der Waals surface area contributed by atoms with Gasteiger partial charge in [0.2, 0.25) is 5.91 Å². The van der Waals surface area contributed by atoms with Gasteiger partial charge in [-0.25, -0.2) is 4.98 Å². The molecule has 0 N–H and O–H groups in total. The molecule has 120 valence electrons. The monoisotopic (exact) mass is 349 g/mol. The predicted octanol–water partition coefficient (Wildman–Crippen LogP) is 3.13. The second-order valence-corrected chi connectivity index (χ2v) is 6.43. The van der Waals surface area contributed by atoms with Crippen LogP contribution in [0.1, 0.15) is 5.69 Å². The van der Waals surface area contributed by atoms with Crippen LogP contribution in [-0.4, -0.2) is 40.4 Å². The summed E-state index contributed by atoms with van der Waals surface area (Å²) >= 11 is 7.37. The first-order valence-corrected chi connectivity index (χ1v) is 8.41. The highest BCUT2D eigenvalue weighted by Gasteiger charge is 2.12. The van der Waals surface area contributed by atoms with Crippen LogP contribution in [0.25, 0.3) is 4.96 Å². The molecule has 0 radical (unpaired) electrons. The summed E-state index contributed by atoms with van der Waals surface area (Å²) in [6.07, 6.45) is 4.12. The summed E-state index contributed by atoms with van der Waals surface area (Å²) < 4.78 is 7.52. The van der Waals surface area contributed by atoms with E-state index in [1.54, 1.807) is 35.4 Å². The van der Waals surface area contributed by atoms with E-state index in [2.05, 4.69) is 4.98 Å². The number of carbonyl (C=O) groups excluding carboxylic acids is 1. The summed E-state index contributed by atoms with van der Waals surface area (Å²) in [4.78, 5) is 19.2. The molecular weight excluding hydrogens is 334 g/mol. The van der Waals surface area contributed by atoms with E-state index in [0.29, 0.717) is 24.6 Å². The minimum atomic E-state index is 0.0236. The van der Waals surface area contributed by atoms with Crippen LogP contribution in [0.2, 0.25) is 5.02 Å². The van der Waals surface area contributed by atoms with Crippen LogP contribution in [0.3, 0.4) is 0 Å². The number of hydrogen-bond donors (Lipinski definition) is 0. The standard InChI is InChI=1S/C16H16ClN3O2S/c1-19(6-8-22-14-4-2-12(17)3-5-14)15(21)10-13-11-20-7-9-23-16(20)18-13/h2-5,7,9,11H,6,8,10H2,1H3. The van der Waals surface area contributed by atoms with E-state index in [0.717, 1.165) is 16.4 Å². The molecule has 0 aliphatic carbocycles. The third-order valence-corrected chi connectivity index (χ3v) is 4.43. The number of likely N-dealkylation sites (N-methyl/N-ethyl adjacent to an activating group) is 1. The molecule has 5 nitrogen and oxygen atoms in total. The normalized spacial score (nSPS) is 10.9. The van der Waals surface area contributed by atoms with Crippen molar-refractivity contribution in [2.75, 3.05) is 20.2 Å². The lowest BCUT2D eigenvalue weighted by Gasteiger charge is -2.17. The number of nitrogens with zero attached hydrogens (tertiary/aromatic N) is 3. The first kappa shape index (κ1) is 15.8. The highest BCUT2D eigenvalue weighted by atomic mass is 35.5. The highest BCUT2D eigenvalue weighted by molar-refractivity contribution is 7.15. The van der Waals surface area contributed by atoms with Crippen molar-refractivity contribution < 1.29 is 9.53 Å². The number of ether oxygens (including phenoxy) is 1. The average molecular weight is 350 g/mol. The molecule has 2 heterocycles. The van der Waals surface area contributed by atoms with Gasteiger partial charge in [0.25, 0.3) is 0 Å². The summed E-state index contributed by atoms with van der Waals surface area (Å²) in [6.45, 7) is 0.950. The van der Waals surface area contributed by atoms with Gasteiger partial charge in [-0.05, 0) is 24.3 Å². The van der Waals surface area contributed by atoms with Crippen molar-refractivity contribution in [1.29, 1.82) is 0 Å². The minimum absolute atomic E-state index is 0.0236. The maximum absolute atomic E-state index is 12.2. The molecule has 23 heavy (non-hydrogen) atoms. The topological polar surface area (TPSA) is 46.8 Å². The Labute approximate surface area is 143 Å². The van der Waals surface area contributed by atoms with Gasteiger partial charge in [0.05, 0.1) is 18.7 Å². The fourth-order valence-electron chi connectivity index (χ4n) is 2.11. The second kappa shape index (κ2) is 7.02. The van der Waals surface area contributed by atoms with E-state index in [1.807, 2.05) is 34.3 Å². The molecule has 0 saturated heterocycles. The zero-order chi connectivity index (χ0) is 16.2. The van der Waals surface area contributed by atoms with Gasteiger partial charge in [-0.1, -0.05) is 11.6 Å². The third kappa shape index (κ3) is 4.03. The Bertz CT molecular complexity index is 769. The van der Waals surface area contributed by atoms with Crippen LogP contribution in [0, 0.1) is 0 Å². The van der Waals surface area contributed by atoms with Crippen LogP contribution >= 0.6 is 22.9 Å². The zero-order valence-corrected chi connectivity index (χ0v) is 14.2. The number of benzene rings is 1. The Morgan fingerprint density at radius 3 is 2.91 bits per heavy atom. The quantitative estimate of drug-likeness (QED) is 0.687. The lowest BCUT2D eigenvalue weighted by molar-refractivity contribution is -0.129. The van der Waals surface area contributed by atoms with Crippen molar-refractivity contribution in [3.8, 4) is 5.75 Å². The van der Waals surface area contributed by atoms with Crippen molar-refractivity contribution >= 4 is 33.8 Å². The number of rotatable bonds is 6. The van der Waals surface area contributed by atoms with Gasteiger partial charge < -0.3 is 9.64 Å². The SMILES string of the molecule is CN(CCOc1ccc(Cl)cc1)C(=O)Cc1cn2ccsc2n1. The molecule has 3 aromatic rings. The molecule has 0 fully saturated rings. The summed E-state index contributed by atoms with van der Waals surface area (Å²) in [7, 11) is 1.77. The van der Waals surface area contributed by atoms with Crippen LogP contribution in [0.5, 0.6) is 5.75 Å². The first-order chi connectivity index (χ1) is 11.1. The van der Waals surface area contributed by atoms with Gasteiger partial charge in [-0.3, -0.25) is 9.20 Å². The summed E-state index contributed by atoms with van der Waals surface area (Å²) in [5.74, 6) is 0.764. The second-order valence-electron chi connectivity index (χ2n) is 5.12. The molecule has 1 aromatic carbocycles. The smallest absolute Gasteiger partial charge is 0.228 e. The Balaban J connectivity index is 1.47. The molecule has 0 aliphatic heterocycles. The van der Waals surface area contributed by atoms with E-state index in [9.17, 15) is 4.79 Å². The Morgan fingerprint density at radius 2 is 2.17 bits per heavy atom. The Kier molecular flexibility index (Phi) is 4.83. The molecule has 7 heteroatoms. The van der Waals surface area contributed by atoms with E-state index in [1.165, 1.54) is 0 Å². The van der Waals surface area contributed by atoms with Crippen molar-refractivity contribution in [3.05, 3.63) is 52.8 Å². The largest absolute Gasteiger partial charge is 0.492 e. The summed E-state index contributed by atoms with van der Waals surface area (Å²) in [6, 6.07) is 7.16.